The first-order chi connectivity index (χ1) is 8.02. The molecule has 2 amide bonds. The number of anilines is 1. The molecule has 0 aromatic heterocycles. The highest BCUT2D eigenvalue weighted by molar-refractivity contribution is 6.27. The zero-order chi connectivity index (χ0) is 12.8. The van der Waals surface area contributed by atoms with E-state index in [1.807, 2.05) is 0 Å². The second kappa shape index (κ2) is 6.10. The monoisotopic (exact) mass is 256 g/mol. The molecular weight excluding hydrogens is 244 g/mol. The molecule has 5 nitrogen and oxygen atoms in total. The fourth-order valence-corrected chi connectivity index (χ4v) is 1.33. The van der Waals surface area contributed by atoms with Crippen LogP contribution in [0.4, 0.5) is 5.69 Å². The van der Waals surface area contributed by atoms with E-state index in [9.17, 15) is 14.7 Å². The van der Waals surface area contributed by atoms with Gasteiger partial charge in [0.2, 0.25) is 11.8 Å². The van der Waals surface area contributed by atoms with Crippen LogP contribution >= 0.6 is 11.6 Å². The zero-order valence-corrected chi connectivity index (χ0v) is 10.0. The molecule has 6 heteroatoms. The van der Waals surface area contributed by atoms with Gasteiger partial charge in [0.25, 0.3) is 0 Å². The number of amides is 2. The molecule has 0 fully saturated rings. The average Bonchev–Trinajstić information content (AvgIpc) is 2.26. The lowest BCUT2D eigenvalue weighted by Gasteiger charge is -2.08. The van der Waals surface area contributed by atoms with E-state index in [0.29, 0.717) is 11.3 Å². The van der Waals surface area contributed by atoms with Crippen LogP contribution in [0, 0.1) is 0 Å². The Morgan fingerprint density at radius 2 is 2.12 bits per heavy atom. The molecule has 0 atom stereocenters. The molecule has 0 unspecified atom stereocenters. The maximum Gasteiger partial charge on any atom is 0.235 e. The highest BCUT2D eigenvalue weighted by Gasteiger charge is 2.05. The van der Waals surface area contributed by atoms with Crippen LogP contribution in [0.25, 0.3) is 0 Å². The Bertz CT molecular complexity index is 435. The van der Waals surface area contributed by atoms with Crippen LogP contribution in [0.3, 0.4) is 0 Å². The molecule has 17 heavy (non-hydrogen) atoms. The Hall–Kier alpha value is -1.75. The van der Waals surface area contributed by atoms with E-state index in [0.717, 1.165) is 0 Å². The largest absolute Gasteiger partial charge is 0.508 e. The Morgan fingerprint density at radius 3 is 2.65 bits per heavy atom. The Labute approximate surface area is 104 Å². The second-order valence-electron chi connectivity index (χ2n) is 3.44. The maximum atomic E-state index is 10.9. The van der Waals surface area contributed by atoms with Gasteiger partial charge in [-0.3, -0.25) is 9.59 Å². The van der Waals surface area contributed by atoms with Crippen LogP contribution in [0.1, 0.15) is 12.5 Å². The summed E-state index contributed by atoms with van der Waals surface area (Å²) < 4.78 is 0. The number of carbonyl (C=O) groups excluding carboxylic acids is 2. The van der Waals surface area contributed by atoms with Crippen molar-refractivity contribution in [2.45, 2.75) is 13.5 Å². The third-order valence-corrected chi connectivity index (χ3v) is 2.25. The number of phenolic OH excluding ortho intramolecular Hbond substituents is 1. The van der Waals surface area contributed by atoms with Gasteiger partial charge in [-0.15, -0.1) is 11.6 Å². The molecule has 0 saturated heterocycles. The third kappa shape index (κ3) is 4.32. The van der Waals surface area contributed by atoms with Gasteiger partial charge >= 0.3 is 0 Å². The predicted octanol–water partition coefficient (Wildman–Crippen LogP) is 1.21. The number of rotatable bonds is 4. The highest BCUT2D eigenvalue weighted by atomic mass is 35.5. The summed E-state index contributed by atoms with van der Waals surface area (Å²) in [6.07, 6.45) is 0. The van der Waals surface area contributed by atoms with Gasteiger partial charge in [-0.1, -0.05) is 6.07 Å². The standard InChI is InChI=1S/C11H13ClN2O3/c1-7(15)14-9-3-2-8(10(16)4-9)6-13-11(17)5-12/h2-4,16H,5-6H2,1H3,(H,13,17)(H,14,15). The van der Waals surface area contributed by atoms with E-state index in [4.69, 9.17) is 11.6 Å². The van der Waals surface area contributed by atoms with Crippen molar-refractivity contribution in [2.75, 3.05) is 11.2 Å². The Kier molecular flexibility index (Phi) is 4.78. The van der Waals surface area contributed by atoms with Crippen molar-refractivity contribution in [3.63, 3.8) is 0 Å². The zero-order valence-electron chi connectivity index (χ0n) is 9.29. The van der Waals surface area contributed by atoms with Gasteiger partial charge in [-0.25, -0.2) is 0 Å². The first kappa shape index (κ1) is 13.3. The van der Waals surface area contributed by atoms with Crippen LogP contribution in [0.15, 0.2) is 18.2 Å². The van der Waals surface area contributed by atoms with Crippen LogP contribution in [0.5, 0.6) is 5.75 Å². The van der Waals surface area contributed by atoms with Crippen LogP contribution < -0.4 is 10.6 Å². The van der Waals surface area contributed by atoms with Crippen molar-refractivity contribution in [2.24, 2.45) is 0 Å². The number of hydrogen-bond donors (Lipinski definition) is 3. The van der Waals surface area contributed by atoms with Gasteiger partial charge in [-0.05, 0) is 6.07 Å². The smallest absolute Gasteiger partial charge is 0.235 e. The SMILES string of the molecule is CC(=O)Nc1ccc(CNC(=O)CCl)c(O)c1. The van der Waals surface area contributed by atoms with Crippen LogP contribution in [-0.2, 0) is 16.1 Å². The molecule has 1 aromatic carbocycles. The third-order valence-electron chi connectivity index (χ3n) is 2.00. The number of nitrogens with one attached hydrogen (secondary N) is 2. The van der Waals surface area contributed by atoms with Gasteiger partial charge in [0.15, 0.2) is 0 Å². The van der Waals surface area contributed by atoms with Crippen LogP contribution in [0.2, 0.25) is 0 Å². The number of halogens is 1. The fourth-order valence-electron chi connectivity index (χ4n) is 1.24. The second-order valence-corrected chi connectivity index (χ2v) is 3.70. The molecule has 0 heterocycles. The molecule has 0 bridgehead atoms. The summed E-state index contributed by atoms with van der Waals surface area (Å²) in [5.41, 5.74) is 1.06. The molecule has 1 rings (SSSR count). The first-order valence-corrected chi connectivity index (χ1v) is 5.48. The molecule has 3 N–H and O–H groups in total. The lowest BCUT2D eigenvalue weighted by atomic mass is 10.1. The van der Waals surface area contributed by atoms with Crippen molar-refractivity contribution < 1.29 is 14.7 Å². The van der Waals surface area contributed by atoms with Crippen molar-refractivity contribution in [1.29, 1.82) is 0 Å². The van der Waals surface area contributed by atoms with Gasteiger partial charge < -0.3 is 15.7 Å². The summed E-state index contributed by atoms with van der Waals surface area (Å²) >= 11 is 5.32. The normalized spacial score (nSPS) is 9.76. The van der Waals surface area contributed by atoms with Crippen LogP contribution in [-0.4, -0.2) is 22.8 Å². The minimum atomic E-state index is -0.308. The summed E-state index contributed by atoms with van der Waals surface area (Å²) in [5.74, 6) is -0.638. The number of hydrogen-bond acceptors (Lipinski definition) is 3. The summed E-state index contributed by atoms with van der Waals surface area (Å²) in [6, 6.07) is 4.68. The van der Waals surface area contributed by atoms with E-state index >= 15 is 0 Å². The van der Waals surface area contributed by atoms with Gasteiger partial charge in [0.05, 0.1) is 0 Å². The minimum Gasteiger partial charge on any atom is -0.508 e. The predicted molar refractivity (Wildman–Crippen MR) is 65.0 cm³/mol. The topological polar surface area (TPSA) is 78.4 Å². The maximum absolute atomic E-state index is 10.9. The summed E-state index contributed by atoms with van der Waals surface area (Å²) in [7, 11) is 0. The van der Waals surface area contributed by atoms with E-state index in [1.54, 1.807) is 12.1 Å². The molecule has 0 radical (unpaired) electrons. The number of alkyl halides is 1. The highest BCUT2D eigenvalue weighted by Crippen LogP contribution is 2.21. The molecule has 0 spiro atoms. The average molecular weight is 257 g/mol. The molecule has 0 aliphatic carbocycles. The Morgan fingerprint density at radius 1 is 1.41 bits per heavy atom. The summed E-state index contributed by atoms with van der Waals surface area (Å²) in [6.45, 7) is 1.57. The van der Waals surface area contributed by atoms with E-state index in [-0.39, 0.29) is 30.0 Å². The molecule has 0 aliphatic heterocycles. The van der Waals surface area contributed by atoms with Crippen molar-refractivity contribution in [1.82, 2.24) is 5.32 Å². The van der Waals surface area contributed by atoms with Crippen molar-refractivity contribution >= 4 is 29.1 Å². The molecule has 92 valence electrons. The molecule has 0 aliphatic rings. The first-order valence-electron chi connectivity index (χ1n) is 4.95. The molecule has 1 aromatic rings. The fraction of sp³-hybridized carbons (Fsp3) is 0.273. The molecule has 0 saturated carbocycles. The van der Waals surface area contributed by atoms with E-state index in [1.165, 1.54) is 13.0 Å². The lowest BCUT2D eigenvalue weighted by Crippen LogP contribution is -2.23. The Balaban J connectivity index is 2.69. The summed E-state index contributed by atoms with van der Waals surface area (Å²) in [4.78, 5) is 21.7. The molecular formula is C11H13ClN2O3. The number of carbonyl (C=O) groups is 2. The lowest BCUT2D eigenvalue weighted by molar-refractivity contribution is -0.118. The number of phenols is 1. The van der Waals surface area contributed by atoms with Gasteiger partial charge in [0, 0.05) is 30.8 Å². The van der Waals surface area contributed by atoms with Gasteiger partial charge in [-0.2, -0.15) is 0 Å². The van der Waals surface area contributed by atoms with Crippen molar-refractivity contribution in [3.8, 4) is 5.75 Å². The number of aromatic hydroxyl groups is 1. The number of benzene rings is 1. The van der Waals surface area contributed by atoms with E-state index in [2.05, 4.69) is 10.6 Å². The van der Waals surface area contributed by atoms with Gasteiger partial charge in [0.1, 0.15) is 11.6 Å². The van der Waals surface area contributed by atoms with Crippen molar-refractivity contribution in [3.05, 3.63) is 23.8 Å². The minimum absolute atomic E-state index is 0.00567. The van der Waals surface area contributed by atoms with E-state index < -0.39 is 0 Å². The quantitative estimate of drug-likeness (QED) is 0.709. The summed E-state index contributed by atoms with van der Waals surface area (Å²) in [5, 5.41) is 14.7.